The van der Waals surface area contributed by atoms with Crippen molar-refractivity contribution in [2.45, 2.75) is 0 Å². The van der Waals surface area contributed by atoms with Gasteiger partial charge in [0, 0.05) is 52.6 Å². The predicted octanol–water partition coefficient (Wildman–Crippen LogP) is 12.7. The van der Waals surface area contributed by atoms with E-state index in [1.807, 2.05) is 22.7 Å². The number of fused-ring (bicyclic) bond motifs is 7. The lowest BCUT2D eigenvalue weighted by Gasteiger charge is -2.29. The summed E-state index contributed by atoms with van der Waals surface area (Å²) in [5, 5.41) is 7.71. The van der Waals surface area contributed by atoms with E-state index in [-0.39, 0.29) is 0 Å². The minimum absolute atomic E-state index is 1.15. The first-order valence-corrected chi connectivity index (χ1v) is 16.1. The van der Waals surface area contributed by atoms with Crippen molar-refractivity contribution in [1.29, 1.82) is 0 Å². The third kappa shape index (κ3) is 3.97. The summed E-state index contributed by atoms with van der Waals surface area (Å²) in [7, 11) is 0. The fourth-order valence-corrected chi connectivity index (χ4v) is 8.80. The van der Waals surface area contributed by atoms with Gasteiger partial charge in [0.2, 0.25) is 0 Å². The molecule has 7 aromatic carbocycles. The van der Waals surface area contributed by atoms with Crippen molar-refractivity contribution in [3.63, 3.8) is 0 Å². The largest absolute Gasteiger partial charge is 0.308 e. The Hall–Kier alpha value is -4.96. The fraction of sp³-hybridized carbons (Fsp3) is 0. The Kier molecular flexibility index (Phi) is 5.62. The number of thiophene rings is 2. The average molecular weight is 584 g/mol. The maximum atomic E-state index is 2.50. The number of rotatable bonds is 4. The number of benzene rings is 7. The lowest BCUT2D eigenvalue weighted by Crippen LogP contribution is -2.11. The molecule has 0 bridgehead atoms. The van der Waals surface area contributed by atoms with Crippen LogP contribution in [0.4, 0.5) is 17.1 Å². The summed E-state index contributed by atoms with van der Waals surface area (Å²) in [5.74, 6) is 0. The molecule has 2 heterocycles. The Labute approximate surface area is 257 Å². The molecule has 0 aliphatic heterocycles. The highest BCUT2D eigenvalue weighted by Crippen LogP contribution is 2.50. The van der Waals surface area contributed by atoms with Gasteiger partial charge in [-0.3, -0.25) is 0 Å². The molecule has 9 aromatic rings. The van der Waals surface area contributed by atoms with Crippen LogP contribution < -0.4 is 4.90 Å². The summed E-state index contributed by atoms with van der Waals surface area (Å²) >= 11 is 3.76. The third-order valence-electron chi connectivity index (χ3n) is 8.44. The maximum Gasteiger partial charge on any atom is 0.0718 e. The van der Waals surface area contributed by atoms with Gasteiger partial charge in [-0.25, -0.2) is 0 Å². The minimum atomic E-state index is 1.15. The van der Waals surface area contributed by atoms with Crippen molar-refractivity contribution in [3.8, 4) is 11.1 Å². The molecule has 0 radical (unpaired) electrons. The molecular formula is C40H25NS2. The van der Waals surface area contributed by atoms with E-state index in [1.165, 1.54) is 67.9 Å². The van der Waals surface area contributed by atoms with Crippen LogP contribution in [0.2, 0.25) is 0 Å². The van der Waals surface area contributed by atoms with Gasteiger partial charge in [-0.2, -0.15) is 0 Å². The summed E-state index contributed by atoms with van der Waals surface area (Å²) in [6.45, 7) is 0. The first-order chi connectivity index (χ1) is 21.3. The monoisotopic (exact) mass is 583 g/mol. The van der Waals surface area contributed by atoms with Gasteiger partial charge in [0.05, 0.1) is 10.4 Å². The summed E-state index contributed by atoms with van der Waals surface area (Å²) in [4.78, 5) is 2.50. The molecule has 0 atom stereocenters. The van der Waals surface area contributed by atoms with Crippen LogP contribution in [0.5, 0.6) is 0 Å². The standard InChI is InChI=1S/C40H25NS2/c1-2-11-27(12-3-1)31-22-23-35-33-15-7-9-17-37(33)43-40(35)39(31)41(29-19-18-26-10-4-5-13-28(26)24-29)30-20-21-34-32-14-6-8-16-36(32)42-38(34)25-30/h1-25H. The van der Waals surface area contributed by atoms with Crippen LogP contribution in [0.1, 0.15) is 0 Å². The molecule has 0 fully saturated rings. The Morgan fingerprint density at radius 1 is 0.395 bits per heavy atom. The van der Waals surface area contributed by atoms with E-state index in [2.05, 4.69) is 157 Å². The molecule has 0 N–H and O–H groups in total. The van der Waals surface area contributed by atoms with Crippen molar-refractivity contribution in [1.82, 2.24) is 0 Å². The van der Waals surface area contributed by atoms with Gasteiger partial charge >= 0.3 is 0 Å². The van der Waals surface area contributed by atoms with E-state index in [9.17, 15) is 0 Å². The second-order valence-corrected chi connectivity index (χ2v) is 13.1. The smallest absolute Gasteiger partial charge is 0.0718 e. The third-order valence-corrected chi connectivity index (χ3v) is 10.8. The lowest BCUT2D eigenvalue weighted by atomic mass is 9.99. The second-order valence-electron chi connectivity index (χ2n) is 10.9. The molecule has 0 amide bonds. The van der Waals surface area contributed by atoms with Crippen molar-refractivity contribution in [2.75, 3.05) is 4.90 Å². The molecule has 0 saturated heterocycles. The SMILES string of the molecule is c1ccc(-c2ccc3c(sc4ccccc43)c2N(c2ccc3ccccc3c2)c2ccc3c(c2)sc2ccccc23)cc1. The molecule has 202 valence electrons. The number of hydrogen-bond acceptors (Lipinski definition) is 3. The Balaban J connectivity index is 1.40. The summed E-state index contributed by atoms with van der Waals surface area (Å²) in [6, 6.07) is 55.5. The number of nitrogens with zero attached hydrogens (tertiary/aromatic N) is 1. The van der Waals surface area contributed by atoms with E-state index in [4.69, 9.17) is 0 Å². The number of anilines is 3. The minimum Gasteiger partial charge on any atom is -0.308 e. The highest BCUT2D eigenvalue weighted by Gasteiger charge is 2.23. The Morgan fingerprint density at radius 3 is 1.84 bits per heavy atom. The van der Waals surface area contributed by atoms with Crippen LogP contribution in [0, 0.1) is 0 Å². The van der Waals surface area contributed by atoms with Crippen LogP contribution in [0.3, 0.4) is 0 Å². The quantitative estimate of drug-likeness (QED) is 0.199. The summed E-state index contributed by atoms with van der Waals surface area (Å²) in [6.07, 6.45) is 0. The van der Waals surface area contributed by atoms with Crippen LogP contribution >= 0.6 is 22.7 Å². The summed E-state index contributed by atoms with van der Waals surface area (Å²) in [5.41, 5.74) is 5.98. The zero-order valence-electron chi connectivity index (χ0n) is 23.2. The second kappa shape index (κ2) is 9.81. The van der Waals surface area contributed by atoms with Crippen molar-refractivity contribution in [2.24, 2.45) is 0 Å². The first-order valence-electron chi connectivity index (χ1n) is 14.5. The molecule has 1 nitrogen and oxygen atoms in total. The van der Waals surface area contributed by atoms with E-state index in [0.29, 0.717) is 0 Å². The topological polar surface area (TPSA) is 3.24 Å². The van der Waals surface area contributed by atoms with Crippen LogP contribution in [-0.2, 0) is 0 Å². The lowest BCUT2D eigenvalue weighted by molar-refractivity contribution is 1.31. The number of hydrogen-bond donors (Lipinski definition) is 0. The zero-order chi connectivity index (χ0) is 28.3. The normalized spacial score (nSPS) is 11.7. The van der Waals surface area contributed by atoms with Gasteiger partial charge in [0.15, 0.2) is 0 Å². The van der Waals surface area contributed by atoms with Crippen LogP contribution in [0.25, 0.3) is 62.2 Å². The molecule has 9 rings (SSSR count). The average Bonchev–Trinajstić information content (AvgIpc) is 3.63. The molecule has 0 unspecified atom stereocenters. The molecule has 0 aliphatic rings. The van der Waals surface area contributed by atoms with Gasteiger partial charge in [0.25, 0.3) is 0 Å². The van der Waals surface area contributed by atoms with Gasteiger partial charge in [-0.05, 0) is 52.7 Å². The Bertz CT molecular complexity index is 2470. The van der Waals surface area contributed by atoms with Gasteiger partial charge in [-0.1, -0.05) is 115 Å². The molecule has 43 heavy (non-hydrogen) atoms. The highest BCUT2D eigenvalue weighted by molar-refractivity contribution is 7.26. The van der Waals surface area contributed by atoms with E-state index in [1.54, 1.807) is 0 Å². The van der Waals surface area contributed by atoms with E-state index in [0.717, 1.165) is 11.4 Å². The summed E-state index contributed by atoms with van der Waals surface area (Å²) < 4.78 is 5.23. The van der Waals surface area contributed by atoms with Crippen LogP contribution in [0.15, 0.2) is 152 Å². The highest BCUT2D eigenvalue weighted by atomic mass is 32.1. The molecular weight excluding hydrogens is 559 g/mol. The molecule has 0 saturated carbocycles. The molecule has 0 spiro atoms. The Morgan fingerprint density at radius 2 is 1.00 bits per heavy atom. The first kappa shape index (κ1) is 24.6. The maximum absolute atomic E-state index is 2.50. The molecule has 2 aromatic heterocycles. The van der Waals surface area contributed by atoms with Gasteiger partial charge in [-0.15, -0.1) is 22.7 Å². The van der Waals surface area contributed by atoms with Crippen molar-refractivity contribution < 1.29 is 0 Å². The van der Waals surface area contributed by atoms with Crippen molar-refractivity contribution in [3.05, 3.63) is 152 Å². The van der Waals surface area contributed by atoms with E-state index >= 15 is 0 Å². The molecule has 3 heteroatoms. The van der Waals surface area contributed by atoms with Gasteiger partial charge < -0.3 is 4.90 Å². The fourth-order valence-electron chi connectivity index (χ4n) is 6.42. The zero-order valence-corrected chi connectivity index (χ0v) is 24.8. The van der Waals surface area contributed by atoms with Gasteiger partial charge in [0.1, 0.15) is 0 Å². The predicted molar refractivity (Wildman–Crippen MR) is 190 cm³/mol. The molecule has 0 aliphatic carbocycles. The van der Waals surface area contributed by atoms with Crippen LogP contribution in [-0.4, -0.2) is 0 Å². The van der Waals surface area contributed by atoms with E-state index < -0.39 is 0 Å². The van der Waals surface area contributed by atoms with Crippen molar-refractivity contribution >= 4 is 90.9 Å².